The molecule has 19 heavy (non-hydrogen) atoms. The van der Waals surface area contributed by atoms with Gasteiger partial charge in [0.1, 0.15) is 5.82 Å². The van der Waals surface area contributed by atoms with Crippen molar-refractivity contribution in [1.82, 2.24) is 10.3 Å². The van der Waals surface area contributed by atoms with Crippen LogP contribution >= 0.6 is 0 Å². The van der Waals surface area contributed by atoms with Crippen LogP contribution in [0.5, 0.6) is 0 Å². The van der Waals surface area contributed by atoms with Gasteiger partial charge in [-0.3, -0.25) is 4.98 Å². The fourth-order valence-electron chi connectivity index (χ4n) is 2.94. The van der Waals surface area contributed by atoms with Crippen LogP contribution in [0.1, 0.15) is 29.4 Å². The highest BCUT2D eigenvalue weighted by Gasteiger charge is 2.27. The molecule has 1 fully saturated rings. The van der Waals surface area contributed by atoms with Crippen LogP contribution in [0.2, 0.25) is 0 Å². The van der Waals surface area contributed by atoms with Crippen molar-refractivity contribution < 1.29 is 4.39 Å². The van der Waals surface area contributed by atoms with Gasteiger partial charge in [-0.15, -0.1) is 0 Å². The van der Waals surface area contributed by atoms with E-state index in [2.05, 4.69) is 16.4 Å². The number of halogens is 1. The van der Waals surface area contributed by atoms with Crippen molar-refractivity contribution >= 4 is 0 Å². The van der Waals surface area contributed by atoms with Gasteiger partial charge in [-0.05, 0) is 48.2 Å². The Morgan fingerprint density at radius 1 is 1.11 bits per heavy atom. The molecule has 1 saturated heterocycles. The molecule has 0 bridgehead atoms. The lowest BCUT2D eigenvalue weighted by Gasteiger charge is -2.32. The largest absolute Gasteiger partial charge is 0.316 e. The highest BCUT2D eigenvalue weighted by molar-refractivity contribution is 5.29. The zero-order valence-electron chi connectivity index (χ0n) is 10.7. The average Bonchev–Trinajstić information content (AvgIpc) is 2.48. The molecule has 0 saturated carbocycles. The first-order valence-corrected chi connectivity index (χ1v) is 6.71. The molecule has 0 spiro atoms. The summed E-state index contributed by atoms with van der Waals surface area (Å²) >= 11 is 0. The Balaban J connectivity index is 1.93. The van der Waals surface area contributed by atoms with Crippen molar-refractivity contribution in [2.45, 2.75) is 18.3 Å². The van der Waals surface area contributed by atoms with E-state index in [0.29, 0.717) is 11.8 Å². The van der Waals surface area contributed by atoms with Gasteiger partial charge in [0.05, 0.1) is 0 Å². The summed E-state index contributed by atoms with van der Waals surface area (Å²) in [6.45, 7) is 1.90. The van der Waals surface area contributed by atoms with Crippen LogP contribution in [-0.2, 0) is 0 Å². The molecule has 1 aliphatic heterocycles. The monoisotopic (exact) mass is 256 g/mol. The van der Waals surface area contributed by atoms with E-state index in [0.717, 1.165) is 25.1 Å². The van der Waals surface area contributed by atoms with Crippen LogP contribution in [0.4, 0.5) is 4.39 Å². The van der Waals surface area contributed by atoms with Crippen LogP contribution < -0.4 is 5.32 Å². The lowest BCUT2D eigenvalue weighted by atomic mass is 9.78. The summed E-state index contributed by atoms with van der Waals surface area (Å²) in [5, 5.41) is 3.41. The third kappa shape index (κ3) is 2.66. The van der Waals surface area contributed by atoms with Gasteiger partial charge in [0, 0.05) is 24.9 Å². The third-order valence-corrected chi connectivity index (χ3v) is 3.87. The molecule has 3 heteroatoms. The lowest BCUT2D eigenvalue weighted by Crippen LogP contribution is -2.34. The number of nitrogens with zero attached hydrogens (tertiary/aromatic N) is 1. The van der Waals surface area contributed by atoms with Gasteiger partial charge < -0.3 is 5.32 Å². The molecule has 1 aromatic heterocycles. The fourth-order valence-corrected chi connectivity index (χ4v) is 2.94. The Morgan fingerprint density at radius 2 is 2.00 bits per heavy atom. The summed E-state index contributed by atoms with van der Waals surface area (Å²) in [7, 11) is 0. The molecule has 2 heterocycles. The minimum atomic E-state index is -0.159. The molecular weight excluding hydrogens is 239 g/mol. The maximum atomic E-state index is 13.4. The molecule has 1 aromatic carbocycles. The van der Waals surface area contributed by atoms with Crippen LogP contribution in [0, 0.1) is 5.82 Å². The second kappa shape index (κ2) is 5.49. The van der Waals surface area contributed by atoms with Crippen molar-refractivity contribution in [2.24, 2.45) is 0 Å². The first-order chi connectivity index (χ1) is 9.34. The van der Waals surface area contributed by atoms with E-state index in [1.165, 1.54) is 11.6 Å². The Kier molecular flexibility index (Phi) is 3.56. The normalized spacial score (nSPS) is 23.2. The summed E-state index contributed by atoms with van der Waals surface area (Å²) in [4.78, 5) is 4.21. The summed E-state index contributed by atoms with van der Waals surface area (Å²) in [6.07, 6.45) is 4.79. The molecule has 2 nitrogen and oxygen atoms in total. The maximum Gasteiger partial charge on any atom is 0.123 e. The lowest BCUT2D eigenvalue weighted by molar-refractivity contribution is 0.402. The molecule has 2 atom stereocenters. The highest BCUT2D eigenvalue weighted by Crippen LogP contribution is 2.36. The van der Waals surface area contributed by atoms with Gasteiger partial charge in [0.2, 0.25) is 0 Å². The van der Waals surface area contributed by atoms with E-state index in [9.17, 15) is 4.39 Å². The number of aromatic nitrogens is 1. The van der Waals surface area contributed by atoms with E-state index in [4.69, 9.17) is 0 Å². The summed E-state index contributed by atoms with van der Waals surface area (Å²) in [5.41, 5.74) is 2.32. The number of piperidine rings is 1. The summed E-state index contributed by atoms with van der Waals surface area (Å²) < 4.78 is 13.4. The van der Waals surface area contributed by atoms with Gasteiger partial charge in [0.15, 0.2) is 0 Å². The molecule has 1 N–H and O–H groups in total. The van der Waals surface area contributed by atoms with Gasteiger partial charge in [-0.2, -0.15) is 0 Å². The number of pyridine rings is 1. The van der Waals surface area contributed by atoms with Crippen molar-refractivity contribution in [2.75, 3.05) is 13.1 Å². The number of hydrogen-bond donors (Lipinski definition) is 1. The number of rotatable bonds is 2. The van der Waals surface area contributed by atoms with Crippen LogP contribution in [0.15, 0.2) is 48.8 Å². The van der Waals surface area contributed by atoms with E-state index in [1.807, 2.05) is 18.3 Å². The molecule has 1 aliphatic rings. The predicted molar refractivity (Wildman–Crippen MR) is 73.6 cm³/mol. The van der Waals surface area contributed by atoms with Crippen LogP contribution in [-0.4, -0.2) is 18.1 Å². The Morgan fingerprint density at radius 3 is 2.79 bits per heavy atom. The van der Waals surface area contributed by atoms with Crippen molar-refractivity contribution in [3.05, 3.63) is 65.7 Å². The number of nitrogens with one attached hydrogen (secondary N) is 1. The Hall–Kier alpha value is -1.74. The van der Waals surface area contributed by atoms with Crippen molar-refractivity contribution in [3.8, 4) is 0 Å². The second-order valence-corrected chi connectivity index (χ2v) is 5.05. The molecule has 0 amide bonds. The van der Waals surface area contributed by atoms with Gasteiger partial charge in [-0.1, -0.05) is 18.2 Å². The van der Waals surface area contributed by atoms with Crippen LogP contribution in [0.25, 0.3) is 0 Å². The molecule has 2 aromatic rings. The van der Waals surface area contributed by atoms with E-state index < -0.39 is 0 Å². The fraction of sp³-hybridized carbons (Fsp3) is 0.312. The topological polar surface area (TPSA) is 24.9 Å². The summed E-state index contributed by atoms with van der Waals surface area (Å²) in [5.74, 6) is 0.568. The van der Waals surface area contributed by atoms with E-state index in [1.54, 1.807) is 18.3 Å². The zero-order valence-corrected chi connectivity index (χ0v) is 10.7. The van der Waals surface area contributed by atoms with E-state index >= 15 is 0 Å². The van der Waals surface area contributed by atoms with Gasteiger partial charge in [0.25, 0.3) is 0 Å². The third-order valence-electron chi connectivity index (χ3n) is 3.87. The first kappa shape index (κ1) is 12.3. The quantitative estimate of drug-likeness (QED) is 0.893. The van der Waals surface area contributed by atoms with E-state index in [-0.39, 0.29) is 5.82 Å². The molecule has 3 rings (SSSR count). The van der Waals surface area contributed by atoms with Crippen molar-refractivity contribution in [3.63, 3.8) is 0 Å². The standard InChI is InChI=1S/C16H17FN2/c17-14-5-1-3-12(9-14)16-11-19-8-6-15(16)13-4-2-7-18-10-13/h1-5,7,9-10,15-16,19H,6,8,11H2. The highest BCUT2D eigenvalue weighted by atomic mass is 19.1. The molecular formula is C16H17FN2. The second-order valence-electron chi connectivity index (χ2n) is 5.05. The minimum Gasteiger partial charge on any atom is -0.316 e. The smallest absolute Gasteiger partial charge is 0.123 e. The predicted octanol–water partition coefficient (Wildman–Crippen LogP) is 3.08. The summed E-state index contributed by atoms with van der Waals surface area (Å²) in [6, 6.07) is 11.1. The van der Waals surface area contributed by atoms with Crippen molar-refractivity contribution in [1.29, 1.82) is 0 Å². The molecule has 0 aliphatic carbocycles. The Bertz CT molecular complexity index is 541. The first-order valence-electron chi connectivity index (χ1n) is 6.71. The molecule has 0 radical (unpaired) electrons. The Labute approximate surface area is 112 Å². The molecule has 98 valence electrons. The van der Waals surface area contributed by atoms with Crippen LogP contribution in [0.3, 0.4) is 0 Å². The number of hydrogen-bond acceptors (Lipinski definition) is 2. The average molecular weight is 256 g/mol. The maximum absolute atomic E-state index is 13.4. The SMILES string of the molecule is Fc1cccc(C2CNCCC2c2cccnc2)c1. The van der Waals surface area contributed by atoms with Gasteiger partial charge >= 0.3 is 0 Å². The number of benzene rings is 1. The van der Waals surface area contributed by atoms with Gasteiger partial charge in [-0.25, -0.2) is 4.39 Å². The zero-order chi connectivity index (χ0) is 13.1. The molecule has 2 unspecified atom stereocenters. The minimum absolute atomic E-state index is 0.159.